The molecule has 1 N–H and O–H groups in total. The van der Waals surface area contributed by atoms with Gasteiger partial charge in [0, 0.05) is 30.9 Å². The second kappa shape index (κ2) is 5.96. The molecule has 1 aliphatic heterocycles. The fourth-order valence-electron chi connectivity index (χ4n) is 2.69. The zero-order chi connectivity index (χ0) is 13.9. The van der Waals surface area contributed by atoms with Crippen LogP contribution in [0.3, 0.4) is 0 Å². The molecule has 1 unspecified atom stereocenters. The molecule has 1 aromatic rings. The number of para-hydroxylation sites is 1. The Morgan fingerprint density at radius 3 is 2.74 bits per heavy atom. The summed E-state index contributed by atoms with van der Waals surface area (Å²) < 4.78 is 0. The lowest BCUT2D eigenvalue weighted by atomic mass is 9.98. The maximum absolute atomic E-state index is 3.74. The van der Waals surface area contributed by atoms with Gasteiger partial charge in [-0.1, -0.05) is 39.0 Å². The molecule has 0 radical (unpaired) electrons. The Morgan fingerprint density at radius 2 is 2.05 bits per heavy atom. The van der Waals surface area contributed by atoms with Crippen molar-refractivity contribution in [1.29, 1.82) is 0 Å². The Hall–Kier alpha value is -1.02. The van der Waals surface area contributed by atoms with Crippen LogP contribution in [0.1, 0.15) is 46.1 Å². The van der Waals surface area contributed by atoms with Gasteiger partial charge in [0.2, 0.25) is 0 Å². The first-order chi connectivity index (χ1) is 9.04. The molecule has 0 bridgehead atoms. The molecule has 1 aliphatic rings. The van der Waals surface area contributed by atoms with Crippen LogP contribution < -0.4 is 10.2 Å². The van der Waals surface area contributed by atoms with Crippen molar-refractivity contribution < 1.29 is 0 Å². The molecule has 0 saturated carbocycles. The minimum atomic E-state index is 0.218. The predicted octanol–water partition coefficient (Wildman–Crippen LogP) is 3.81. The van der Waals surface area contributed by atoms with Crippen molar-refractivity contribution in [1.82, 2.24) is 5.32 Å². The van der Waals surface area contributed by atoms with Gasteiger partial charge in [-0.25, -0.2) is 0 Å². The van der Waals surface area contributed by atoms with E-state index in [0.717, 1.165) is 25.6 Å². The molecule has 1 aromatic carbocycles. The van der Waals surface area contributed by atoms with Crippen LogP contribution in [0.25, 0.3) is 0 Å². The summed E-state index contributed by atoms with van der Waals surface area (Å²) in [5, 5.41) is 3.74. The summed E-state index contributed by atoms with van der Waals surface area (Å²) in [4.78, 5) is 2.58. The minimum absolute atomic E-state index is 0.218. The second-order valence-corrected chi connectivity index (χ2v) is 6.50. The number of anilines is 1. The predicted molar refractivity (Wildman–Crippen MR) is 83.6 cm³/mol. The minimum Gasteiger partial charge on any atom is -0.369 e. The molecule has 0 aliphatic carbocycles. The summed E-state index contributed by atoms with van der Waals surface area (Å²) >= 11 is 0. The molecular formula is C17H28N2. The highest BCUT2D eigenvalue weighted by atomic mass is 15.2. The molecule has 0 aromatic heterocycles. The topological polar surface area (TPSA) is 15.3 Å². The fraction of sp³-hybridized carbons (Fsp3) is 0.647. The van der Waals surface area contributed by atoms with Gasteiger partial charge in [-0.15, -0.1) is 0 Å². The number of hydrogen-bond acceptors (Lipinski definition) is 2. The summed E-state index contributed by atoms with van der Waals surface area (Å²) in [6.45, 7) is 12.5. The lowest BCUT2D eigenvalue weighted by molar-refractivity contribution is 0.347. The third-order valence-corrected chi connectivity index (χ3v) is 4.33. The van der Waals surface area contributed by atoms with E-state index >= 15 is 0 Å². The highest BCUT2D eigenvalue weighted by molar-refractivity contribution is 5.55. The Labute approximate surface area is 118 Å². The van der Waals surface area contributed by atoms with E-state index in [4.69, 9.17) is 0 Å². The first-order valence-corrected chi connectivity index (χ1v) is 7.62. The first kappa shape index (κ1) is 14.4. The van der Waals surface area contributed by atoms with Gasteiger partial charge in [0.1, 0.15) is 0 Å². The third kappa shape index (κ3) is 3.50. The average Bonchev–Trinajstić information content (AvgIpc) is 2.55. The Kier molecular flexibility index (Phi) is 4.51. The van der Waals surface area contributed by atoms with Crippen LogP contribution in [-0.2, 0) is 6.54 Å². The summed E-state index contributed by atoms with van der Waals surface area (Å²) in [6.07, 6.45) is 2.42. The molecule has 0 amide bonds. The lowest BCUT2D eigenvalue weighted by Gasteiger charge is -2.34. The van der Waals surface area contributed by atoms with Gasteiger partial charge in [0.25, 0.3) is 0 Å². The number of fused-ring (bicyclic) bond motifs is 1. The van der Waals surface area contributed by atoms with Gasteiger partial charge in [0.15, 0.2) is 0 Å². The molecule has 0 spiro atoms. The molecular weight excluding hydrogens is 232 g/mol. The number of rotatable bonds is 4. The third-order valence-electron chi connectivity index (χ3n) is 4.33. The number of hydrogen-bond donors (Lipinski definition) is 1. The zero-order valence-electron chi connectivity index (χ0n) is 12.9. The van der Waals surface area contributed by atoms with E-state index in [1.54, 1.807) is 0 Å². The summed E-state index contributed by atoms with van der Waals surface area (Å²) in [5.41, 5.74) is 3.08. The molecule has 106 valence electrons. The van der Waals surface area contributed by atoms with Crippen LogP contribution >= 0.6 is 0 Å². The lowest BCUT2D eigenvalue weighted by Crippen LogP contribution is -2.49. The van der Waals surface area contributed by atoms with Crippen LogP contribution in [0.2, 0.25) is 0 Å². The number of nitrogens with one attached hydrogen (secondary N) is 1. The Morgan fingerprint density at radius 1 is 1.32 bits per heavy atom. The van der Waals surface area contributed by atoms with Gasteiger partial charge < -0.3 is 10.2 Å². The van der Waals surface area contributed by atoms with E-state index in [1.807, 2.05) is 0 Å². The summed E-state index contributed by atoms with van der Waals surface area (Å²) in [6, 6.07) is 8.84. The molecule has 19 heavy (non-hydrogen) atoms. The maximum atomic E-state index is 3.74. The van der Waals surface area contributed by atoms with E-state index in [9.17, 15) is 0 Å². The zero-order valence-corrected chi connectivity index (χ0v) is 12.9. The smallest absolute Gasteiger partial charge is 0.0412 e. The van der Waals surface area contributed by atoms with Gasteiger partial charge in [-0.05, 0) is 37.3 Å². The molecule has 0 fully saturated rings. The van der Waals surface area contributed by atoms with Crippen molar-refractivity contribution in [2.75, 3.05) is 18.0 Å². The highest BCUT2D eigenvalue weighted by Gasteiger charge is 2.29. The van der Waals surface area contributed by atoms with Crippen molar-refractivity contribution in [2.45, 2.75) is 52.6 Å². The molecule has 2 rings (SSSR count). The van der Waals surface area contributed by atoms with Gasteiger partial charge in [0.05, 0.1) is 0 Å². The monoisotopic (exact) mass is 260 g/mol. The van der Waals surface area contributed by atoms with E-state index in [-0.39, 0.29) is 5.54 Å². The number of nitrogens with zero attached hydrogens (tertiary/aromatic N) is 1. The van der Waals surface area contributed by atoms with Crippen LogP contribution in [-0.4, -0.2) is 18.6 Å². The molecule has 2 nitrogen and oxygen atoms in total. The van der Waals surface area contributed by atoms with E-state index < -0.39 is 0 Å². The second-order valence-electron chi connectivity index (χ2n) is 6.50. The molecule has 0 saturated heterocycles. The van der Waals surface area contributed by atoms with E-state index in [2.05, 4.69) is 62.2 Å². The van der Waals surface area contributed by atoms with E-state index in [0.29, 0.717) is 0 Å². The number of benzene rings is 1. The van der Waals surface area contributed by atoms with Gasteiger partial charge >= 0.3 is 0 Å². The van der Waals surface area contributed by atoms with Crippen LogP contribution in [0.15, 0.2) is 24.3 Å². The molecule has 2 heteroatoms. The quantitative estimate of drug-likeness (QED) is 0.885. The van der Waals surface area contributed by atoms with Crippen LogP contribution in [0.4, 0.5) is 5.69 Å². The van der Waals surface area contributed by atoms with Gasteiger partial charge in [-0.2, -0.15) is 0 Å². The van der Waals surface area contributed by atoms with Crippen molar-refractivity contribution in [2.24, 2.45) is 5.92 Å². The maximum Gasteiger partial charge on any atom is 0.0412 e. The first-order valence-electron chi connectivity index (χ1n) is 7.62. The van der Waals surface area contributed by atoms with Crippen molar-refractivity contribution in [3.8, 4) is 0 Å². The van der Waals surface area contributed by atoms with Crippen molar-refractivity contribution >= 4 is 5.69 Å². The Balaban J connectivity index is 2.24. The van der Waals surface area contributed by atoms with E-state index in [1.165, 1.54) is 24.1 Å². The Bertz CT molecular complexity index is 413. The highest BCUT2D eigenvalue weighted by Crippen LogP contribution is 2.28. The summed E-state index contributed by atoms with van der Waals surface area (Å²) in [5.74, 6) is 0.760. The normalized spacial score (nSPS) is 23.3. The SMILES string of the molecule is CCC1(C)CN(CCC(C)C)c2ccccc2CN1. The largest absolute Gasteiger partial charge is 0.369 e. The van der Waals surface area contributed by atoms with Crippen LogP contribution in [0.5, 0.6) is 0 Å². The summed E-state index contributed by atoms with van der Waals surface area (Å²) in [7, 11) is 0. The molecule has 1 atom stereocenters. The van der Waals surface area contributed by atoms with Crippen molar-refractivity contribution in [3.63, 3.8) is 0 Å². The van der Waals surface area contributed by atoms with Crippen LogP contribution in [0, 0.1) is 5.92 Å². The fourth-order valence-corrected chi connectivity index (χ4v) is 2.69. The molecule has 1 heterocycles. The van der Waals surface area contributed by atoms with Gasteiger partial charge in [-0.3, -0.25) is 0 Å². The average molecular weight is 260 g/mol. The van der Waals surface area contributed by atoms with Crippen molar-refractivity contribution in [3.05, 3.63) is 29.8 Å². The standard InChI is InChI=1S/C17H28N2/c1-5-17(4)13-19(11-10-14(2)3)16-9-7-6-8-15(16)12-18-17/h6-9,14,18H,5,10-13H2,1-4H3.